The number of hydrogen-bond acceptors (Lipinski definition) is 3. The smallest absolute Gasteiger partial charge is 0.270 e. The lowest BCUT2D eigenvalue weighted by atomic mass is 10.1. The van der Waals surface area contributed by atoms with Crippen LogP contribution in [-0.2, 0) is 7.05 Å². The number of nitro benzene ring substituents is 1. The molecule has 4 aromatic rings. The summed E-state index contributed by atoms with van der Waals surface area (Å²) in [5, 5.41) is 12.8. The van der Waals surface area contributed by atoms with Crippen LogP contribution in [0.15, 0.2) is 60.8 Å². The van der Waals surface area contributed by atoms with Gasteiger partial charge in [0.25, 0.3) is 5.69 Å². The van der Waals surface area contributed by atoms with Gasteiger partial charge < -0.3 is 4.57 Å². The van der Waals surface area contributed by atoms with Crippen LogP contribution in [0.4, 0.5) is 5.69 Å². The Morgan fingerprint density at radius 2 is 1.91 bits per heavy atom. The lowest BCUT2D eigenvalue weighted by molar-refractivity contribution is -0.384. The summed E-state index contributed by atoms with van der Waals surface area (Å²) in [7, 11) is 2.01. The molecule has 0 saturated heterocycles. The van der Waals surface area contributed by atoms with E-state index in [4.69, 9.17) is 0 Å². The summed E-state index contributed by atoms with van der Waals surface area (Å²) in [5.74, 6) is 0. The van der Waals surface area contributed by atoms with E-state index < -0.39 is 4.92 Å². The molecule has 0 aliphatic heterocycles. The van der Waals surface area contributed by atoms with E-state index in [0.717, 1.165) is 33.1 Å². The average Bonchev–Trinajstić information content (AvgIpc) is 2.91. The van der Waals surface area contributed by atoms with E-state index in [1.807, 2.05) is 31.3 Å². The molecule has 0 atom stereocenters. The summed E-state index contributed by atoms with van der Waals surface area (Å²) in [5.41, 5.74) is 3.90. The molecule has 5 nitrogen and oxygen atoms in total. The zero-order chi connectivity index (χ0) is 16.0. The second-order valence-electron chi connectivity index (χ2n) is 5.50. The van der Waals surface area contributed by atoms with Crippen LogP contribution in [-0.4, -0.2) is 14.5 Å². The van der Waals surface area contributed by atoms with Crippen LogP contribution in [0.5, 0.6) is 0 Å². The highest BCUT2D eigenvalue weighted by molar-refractivity contribution is 5.96. The van der Waals surface area contributed by atoms with Gasteiger partial charge in [0.15, 0.2) is 0 Å². The first-order valence-electron chi connectivity index (χ1n) is 7.23. The molecular formula is C18H13N3O2. The van der Waals surface area contributed by atoms with Crippen LogP contribution in [0.25, 0.3) is 33.1 Å². The highest BCUT2D eigenvalue weighted by Gasteiger charge is 2.11. The van der Waals surface area contributed by atoms with Crippen LogP contribution in [0.2, 0.25) is 0 Å². The van der Waals surface area contributed by atoms with E-state index in [9.17, 15) is 10.1 Å². The Bertz CT molecular complexity index is 1070. The first-order chi connectivity index (χ1) is 11.1. The summed E-state index contributed by atoms with van der Waals surface area (Å²) < 4.78 is 2.08. The number of rotatable bonds is 2. The first-order valence-corrected chi connectivity index (χ1v) is 7.23. The predicted molar refractivity (Wildman–Crippen MR) is 90.3 cm³/mol. The third kappa shape index (κ3) is 2.14. The molecule has 0 aliphatic rings. The van der Waals surface area contributed by atoms with Gasteiger partial charge in [0.2, 0.25) is 0 Å². The molecule has 0 amide bonds. The van der Waals surface area contributed by atoms with Crippen molar-refractivity contribution in [2.75, 3.05) is 0 Å². The summed E-state index contributed by atoms with van der Waals surface area (Å²) in [6.07, 6.45) is 2.06. The van der Waals surface area contributed by atoms with Gasteiger partial charge in [0.1, 0.15) is 0 Å². The normalized spacial score (nSPS) is 11.2. The van der Waals surface area contributed by atoms with Crippen molar-refractivity contribution >= 4 is 27.5 Å². The highest BCUT2D eigenvalue weighted by Crippen LogP contribution is 2.30. The van der Waals surface area contributed by atoms with Crippen LogP contribution >= 0.6 is 0 Å². The molecule has 0 unspecified atom stereocenters. The fourth-order valence-corrected chi connectivity index (χ4v) is 2.92. The van der Waals surface area contributed by atoms with Crippen molar-refractivity contribution in [1.82, 2.24) is 9.55 Å². The molecule has 0 spiro atoms. The molecule has 2 aromatic carbocycles. The summed E-state index contributed by atoms with van der Waals surface area (Å²) in [4.78, 5) is 15.1. The van der Waals surface area contributed by atoms with Gasteiger partial charge >= 0.3 is 0 Å². The highest BCUT2D eigenvalue weighted by atomic mass is 16.6. The molecule has 0 fully saturated rings. The third-order valence-corrected chi connectivity index (χ3v) is 4.06. The molecule has 4 rings (SSSR count). The van der Waals surface area contributed by atoms with Gasteiger partial charge in [-0.15, -0.1) is 0 Å². The molecule has 0 N–H and O–H groups in total. The minimum absolute atomic E-state index is 0.0808. The van der Waals surface area contributed by atoms with Crippen LogP contribution < -0.4 is 0 Å². The molecule has 2 heterocycles. The first kappa shape index (κ1) is 13.5. The van der Waals surface area contributed by atoms with Crippen molar-refractivity contribution in [2.24, 2.45) is 7.05 Å². The van der Waals surface area contributed by atoms with Crippen molar-refractivity contribution in [3.63, 3.8) is 0 Å². The number of aromatic nitrogens is 2. The number of non-ortho nitro benzene ring substituents is 1. The Morgan fingerprint density at radius 1 is 1.09 bits per heavy atom. The summed E-state index contributed by atoms with van der Waals surface area (Å²) in [6, 6.07) is 16.7. The van der Waals surface area contributed by atoms with Gasteiger partial charge in [-0.25, -0.2) is 4.98 Å². The lowest BCUT2D eigenvalue weighted by Gasteiger charge is -2.02. The maximum Gasteiger partial charge on any atom is 0.270 e. The second kappa shape index (κ2) is 4.91. The second-order valence-corrected chi connectivity index (χ2v) is 5.50. The van der Waals surface area contributed by atoms with Crippen LogP contribution in [0.3, 0.4) is 0 Å². The fourth-order valence-electron chi connectivity index (χ4n) is 2.92. The number of nitro groups is 1. The van der Waals surface area contributed by atoms with E-state index in [1.54, 1.807) is 12.1 Å². The van der Waals surface area contributed by atoms with Gasteiger partial charge in [-0.2, -0.15) is 0 Å². The summed E-state index contributed by atoms with van der Waals surface area (Å²) in [6.45, 7) is 0. The predicted octanol–water partition coefficient (Wildman–Crippen LogP) is 4.30. The Hall–Kier alpha value is -3.21. The Morgan fingerprint density at radius 3 is 2.74 bits per heavy atom. The third-order valence-electron chi connectivity index (χ3n) is 4.06. The van der Waals surface area contributed by atoms with E-state index in [0.29, 0.717) is 0 Å². The maximum atomic E-state index is 10.9. The molecule has 0 bridgehead atoms. The molecular weight excluding hydrogens is 290 g/mol. The molecule has 112 valence electrons. The van der Waals surface area contributed by atoms with Crippen molar-refractivity contribution < 1.29 is 4.92 Å². The largest absolute Gasteiger partial charge is 0.350 e. The number of fused-ring (bicyclic) bond motifs is 2. The number of nitrogens with zero attached hydrogens (tertiary/aromatic N) is 3. The lowest BCUT2D eigenvalue weighted by Crippen LogP contribution is -1.89. The van der Waals surface area contributed by atoms with Crippen molar-refractivity contribution in [3.05, 3.63) is 70.9 Å². The van der Waals surface area contributed by atoms with E-state index >= 15 is 0 Å². The standard InChI is InChI=1S/C18H13N3O2/c1-20-11-15(14-4-2-3-5-18(14)20)17-8-6-12-10-13(21(22)23)7-9-16(12)19-17/h2-11H,1H3. The topological polar surface area (TPSA) is 61.0 Å². The van der Waals surface area contributed by atoms with E-state index in [1.165, 1.54) is 6.07 Å². The molecule has 0 saturated carbocycles. The van der Waals surface area contributed by atoms with Gasteiger partial charge in [0.05, 0.1) is 16.1 Å². The van der Waals surface area contributed by atoms with Gasteiger partial charge in [-0.05, 0) is 18.2 Å². The fraction of sp³-hybridized carbons (Fsp3) is 0.0556. The SMILES string of the molecule is Cn1cc(-c2ccc3cc([N+](=O)[O-])ccc3n2)c2ccccc21. The van der Waals surface area contributed by atoms with Crippen LogP contribution in [0.1, 0.15) is 0 Å². The number of pyridine rings is 1. The Kier molecular flexibility index (Phi) is 2.87. The Balaban J connectivity index is 1.91. The van der Waals surface area contributed by atoms with E-state index in [2.05, 4.69) is 27.9 Å². The molecule has 5 heteroatoms. The number of aryl methyl sites for hydroxylation is 1. The minimum atomic E-state index is -0.391. The maximum absolute atomic E-state index is 10.9. The number of benzene rings is 2. The minimum Gasteiger partial charge on any atom is -0.350 e. The van der Waals surface area contributed by atoms with Gasteiger partial charge in [-0.3, -0.25) is 10.1 Å². The molecule has 23 heavy (non-hydrogen) atoms. The zero-order valence-electron chi connectivity index (χ0n) is 12.4. The van der Waals surface area contributed by atoms with Crippen LogP contribution in [0, 0.1) is 10.1 Å². The molecule has 0 aliphatic carbocycles. The monoisotopic (exact) mass is 303 g/mol. The quantitative estimate of drug-likeness (QED) is 0.409. The van der Waals surface area contributed by atoms with Crippen molar-refractivity contribution in [3.8, 4) is 11.3 Å². The molecule has 0 radical (unpaired) electrons. The average molecular weight is 303 g/mol. The molecule has 2 aromatic heterocycles. The Labute approximate surface area is 132 Å². The van der Waals surface area contributed by atoms with Gasteiger partial charge in [-0.1, -0.05) is 24.3 Å². The van der Waals surface area contributed by atoms with Crippen molar-refractivity contribution in [1.29, 1.82) is 0 Å². The summed E-state index contributed by atoms with van der Waals surface area (Å²) >= 11 is 0. The zero-order valence-corrected chi connectivity index (χ0v) is 12.4. The van der Waals surface area contributed by atoms with E-state index in [-0.39, 0.29) is 5.69 Å². The number of para-hydroxylation sites is 1. The number of hydrogen-bond donors (Lipinski definition) is 0. The van der Waals surface area contributed by atoms with Gasteiger partial charge in [0, 0.05) is 47.2 Å². The van der Waals surface area contributed by atoms with Crippen molar-refractivity contribution in [2.45, 2.75) is 0 Å².